The van der Waals surface area contributed by atoms with E-state index in [0.717, 1.165) is 31.2 Å². The molecule has 2 aromatic rings. The van der Waals surface area contributed by atoms with Crippen LogP contribution in [0.2, 0.25) is 5.02 Å². The molecule has 6 nitrogen and oxygen atoms in total. The van der Waals surface area contributed by atoms with Crippen LogP contribution < -0.4 is 10.9 Å². The summed E-state index contributed by atoms with van der Waals surface area (Å²) >= 11 is 6.21. The molecule has 1 aliphatic rings. The Balaban J connectivity index is 1.78. The molecule has 0 radical (unpaired) electrons. The molecule has 1 aromatic heterocycles. The predicted octanol–water partition coefficient (Wildman–Crippen LogP) is 4.88. The molecule has 0 saturated heterocycles. The van der Waals surface area contributed by atoms with Gasteiger partial charge in [-0.15, -0.1) is 6.42 Å². The summed E-state index contributed by atoms with van der Waals surface area (Å²) in [5.41, 5.74) is 0.646. The second kappa shape index (κ2) is 9.57. The van der Waals surface area contributed by atoms with Gasteiger partial charge >= 0.3 is 6.09 Å². The zero-order chi connectivity index (χ0) is 22.6. The minimum Gasteiger partial charge on any atom is -0.444 e. The number of rotatable bonds is 4. The van der Waals surface area contributed by atoms with E-state index in [2.05, 4.69) is 16.3 Å². The average Bonchev–Trinajstić information content (AvgIpc) is 2.71. The van der Waals surface area contributed by atoms with Gasteiger partial charge in [-0.3, -0.25) is 4.79 Å². The van der Waals surface area contributed by atoms with E-state index in [1.165, 1.54) is 10.7 Å². The summed E-state index contributed by atoms with van der Waals surface area (Å²) in [4.78, 5) is 24.8. The third-order valence-corrected chi connectivity index (χ3v) is 5.65. The Morgan fingerprint density at radius 3 is 2.58 bits per heavy atom. The smallest absolute Gasteiger partial charge is 0.408 e. The second-order valence-corrected chi connectivity index (χ2v) is 9.33. The molecule has 1 atom stereocenters. The van der Waals surface area contributed by atoms with Gasteiger partial charge in [-0.2, -0.15) is 5.10 Å². The molecule has 164 valence electrons. The zero-order valence-corrected chi connectivity index (χ0v) is 18.9. The number of halogens is 1. The normalized spacial score (nSPS) is 19.8. The van der Waals surface area contributed by atoms with Gasteiger partial charge in [0.15, 0.2) is 0 Å². The van der Waals surface area contributed by atoms with Gasteiger partial charge in [0.1, 0.15) is 11.3 Å². The van der Waals surface area contributed by atoms with E-state index in [4.69, 9.17) is 22.8 Å². The molecule has 7 heteroatoms. The van der Waals surface area contributed by atoms with E-state index in [1.54, 1.807) is 6.07 Å². The highest BCUT2D eigenvalue weighted by Gasteiger charge is 2.32. The number of terminal acetylenes is 1. The molecular formula is C24H28ClN3O3. The lowest BCUT2D eigenvalue weighted by atomic mass is 9.79. The fourth-order valence-electron chi connectivity index (χ4n) is 4.05. The fraction of sp³-hybridized carbons (Fsp3) is 0.458. The molecule has 0 spiro atoms. The molecule has 1 aliphatic carbocycles. The van der Waals surface area contributed by atoms with Crippen LogP contribution in [0.15, 0.2) is 41.2 Å². The lowest BCUT2D eigenvalue weighted by Crippen LogP contribution is -2.39. The van der Waals surface area contributed by atoms with Crippen LogP contribution in [0.1, 0.15) is 69.8 Å². The van der Waals surface area contributed by atoms with E-state index in [9.17, 15) is 9.59 Å². The van der Waals surface area contributed by atoms with Crippen LogP contribution in [0.3, 0.4) is 0 Å². The van der Waals surface area contributed by atoms with E-state index < -0.39 is 11.7 Å². The van der Waals surface area contributed by atoms with Crippen LogP contribution in [0, 0.1) is 18.3 Å². The van der Waals surface area contributed by atoms with Crippen molar-refractivity contribution in [3.8, 4) is 12.3 Å². The number of nitrogens with one attached hydrogen (secondary N) is 1. The molecule has 1 saturated carbocycles. The molecule has 1 amide bonds. The monoisotopic (exact) mass is 441 g/mol. The minimum absolute atomic E-state index is 0.0152. The van der Waals surface area contributed by atoms with Crippen LogP contribution in [0.25, 0.3) is 0 Å². The van der Waals surface area contributed by atoms with Crippen LogP contribution in [0.5, 0.6) is 0 Å². The van der Waals surface area contributed by atoms with Gasteiger partial charge in [0.2, 0.25) is 0 Å². The number of carbonyl (C=O) groups excluding carboxylic acids is 1. The number of ether oxygens (including phenoxy) is 1. The molecule has 1 fully saturated rings. The number of amides is 1. The summed E-state index contributed by atoms with van der Waals surface area (Å²) in [5.74, 6) is 2.66. The van der Waals surface area contributed by atoms with Crippen molar-refractivity contribution in [2.45, 2.75) is 64.1 Å². The van der Waals surface area contributed by atoms with Crippen molar-refractivity contribution in [1.29, 1.82) is 0 Å². The number of benzene rings is 1. The SMILES string of the molecule is C#Cc1ccc(=O)n(C2CCC(C(NC(=O)OC(C)(C)C)c3cccc(Cl)c3)CC2)n1. The first-order valence-corrected chi connectivity index (χ1v) is 10.9. The Morgan fingerprint density at radius 1 is 1.26 bits per heavy atom. The number of hydrogen-bond acceptors (Lipinski definition) is 4. The number of aromatic nitrogens is 2. The first-order valence-electron chi connectivity index (χ1n) is 10.5. The molecule has 1 aromatic carbocycles. The summed E-state index contributed by atoms with van der Waals surface area (Å²) in [7, 11) is 0. The van der Waals surface area contributed by atoms with Crippen molar-refractivity contribution in [3.63, 3.8) is 0 Å². The van der Waals surface area contributed by atoms with Crippen LogP contribution in [0.4, 0.5) is 4.79 Å². The van der Waals surface area contributed by atoms with Gasteiger partial charge in [-0.1, -0.05) is 23.7 Å². The van der Waals surface area contributed by atoms with E-state index in [-0.39, 0.29) is 23.6 Å². The maximum atomic E-state index is 12.5. The number of carbonyl (C=O) groups is 1. The standard InChI is InChI=1S/C24H28ClN3O3/c1-5-19-11-14-21(29)28(27-19)20-12-9-16(10-13-20)22(17-7-6-8-18(25)15-17)26-23(30)31-24(2,3)4/h1,6-8,11,14-16,20,22H,9-10,12-13H2,2-4H3,(H,26,30). The van der Waals surface area contributed by atoms with Gasteiger partial charge in [0.05, 0.1) is 12.1 Å². The molecule has 1 unspecified atom stereocenters. The van der Waals surface area contributed by atoms with Gasteiger partial charge in [-0.05, 0) is 82.1 Å². The second-order valence-electron chi connectivity index (χ2n) is 8.89. The largest absolute Gasteiger partial charge is 0.444 e. The Kier molecular flexibility index (Phi) is 7.07. The summed E-state index contributed by atoms with van der Waals surface area (Å²) < 4.78 is 6.99. The van der Waals surface area contributed by atoms with Crippen molar-refractivity contribution < 1.29 is 9.53 Å². The third-order valence-electron chi connectivity index (χ3n) is 5.41. The molecule has 3 rings (SSSR count). The van der Waals surface area contributed by atoms with Crippen molar-refractivity contribution >= 4 is 17.7 Å². The topological polar surface area (TPSA) is 73.2 Å². The first kappa shape index (κ1) is 22.9. The van der Waals surface area contributed by atoms with Gasteiger partial charge in [0.25, 0.3) is 5.56 Å². The van der Waals surface area contributed by atoms with Crippen LogP contribution in [-0.4, -0.2) is 21.5 Å². The minimum atomic E-state index is -0.588. The first-order chi connectivity index (χ1) is 14.7. The highest BCUT2D eigenvalue weighted by atomic mass is 35.5. The predicted molar refractivity (Wildman–Crippen MR) is 121 cm³/mol. The molecule has 31 heavy (non-hydrogen) atoms. The van der Waals surface area contributed by atoms with Crippen molar-refractivity contribution in [2.75, 3.05) is 0 Å². The number of alkyl carbamates (subject to hydrolysis) is 1. The Bertz CT molecular complexity index is 1030. The van der Waals surface area contributed by atoms with Crippen molar-refractivity contribution in [1.82, 2.24) is 15.1 Å². The van der Waals surface area contributed by atoms with E-state index in [1.807, 2.05) is 45.0 Å². The Morgan fingerprint density at radius 2 is 1.97 bits per heavy atom. The summed E-state index contributed by atoms with van der Waals surface area (Å²) in [6, 6.07) is 10.3. The van der Waals surface area contributed by atoms with Crippen LogP contribution >= 0.6 is 11.6 Å². The summed E-state index contributed by atoms with van der Waals surface area (Å²) in [6.07, 6.45) is 8.13. The maximum absolute atomic E-state index is 12.5. The Labute approximate surface area is 187 Å². The summed E-state index contributed by atoms with van der Waals surface area (Å²) in [5, 5.41) is 7.96. The van der Waals surface area contributed by atoms with Crippen molar-refractivity contribution in [3.05, 3.63) is 63.0 Å². The third kappa shape index (κ3) is 6.11. The molecular weight excluding hydrogens is 414 g/mol. The zero-order valence-electron chi connectivity index (χ0n) is 18.1. The lowest BCUT2D eigenvalue weighted by molar-refractivity contribution is 0.0471. The number of nitrogens with zero attached hydrogens (tertiary/aromatic N) is 2. The van der Waals surface area contributed by atoms with Gasteiger partial charge in [0, 0.05) is 11.1 Å². The van der Waals surface area contributed by atoms with Gasteiger partial charge < -0.3 is 10.1 Å². The molecule has 1 heterocycles. The highest BCUT2D eigenvalue weighted by molar-refractivity contribution is 6.30. The van der Waals surface area contributed by atoms with Crippen molar-refractivity contribution in [2.24, 2.45) is 5.92 Å². The lowest BCUT2D eigenvalue weighted by Gasteiger charge is -2.35. The van der Waals surface area contributed by atoms with E-state index >= 15 is 0 Å². The quantitative estimate of drug-likeness (QED) is 0.686. The molecule has 1 N–H and O–H groups in total. The summed E-state index contributed by atoms with van der Waals surface area (Å²) in [6.45, 7) is 5.50. The average molecular weight is 442 g/mol. The fourth-order valence-corrected chi connectivity index (χ4v) is 4.25. The Hall–Kier alpha value is -2.78. The van der Waals surface area contributed by atoms with Crippen LogP contribution in [-0.2, 0) is 4.74 Å². The van der Waals surface area contributed by atoms with Gasteiger partial charge in [-0.25, -0.2) is 9.48 Å². The van der Waals surface area contributed by atoms with E-state index in [0.29, 0.717) is 10.7 Å². The number of hydrogen-bond donors (Lipinski definition) is 1. The molecule has 0 aliphatic heterocycles. The maximum Gasteiger partial charge on any atom is 0.408 e. The molecule has 0 bridgehead atoms. The highest BCUT2D eigenvalue weighted by Crippen LogP contribution is 2.39.